The van der Waals surface area contributed by atoms with Crippen molar-refractivity contribution in [3.8, 4) is 23.3 Å². The first-order valence-electron chi connectivity index (χ1n) is 11.5. The first-order chi connectivity index (χ1) is 16.9. The minimum Gasteiger partial charge on any atom is -0.495 e. The van der Waals surface area contributed by atoms with Crippen LogP contribution in [-0.2, 0) is 0 Å². The molecule has 0 radical (unpaired) electrons. The molecule has 0 unspecified atom stereocenters. The Morgan fingerprint density at radius 3 is 2.57 bits per heavy atom. The van der Waals surface area contributed by atoms with Crippen LogP contribution in [0.4, 0.5) is 11.4 Å². The molecule has 1 N–H and O–H groups in total. The summed E-state index contributed by atoms with van der Waals surface area (Å²) in [4.78, 5) is 6.88. The number of nitriles is 1. The van der Waals surface area contributed by atoms with Gasteiger partial charge in [-0.1, -0.05) is 23.2 Å². The Balaban J connectivity index is 1.63. The highest BCUT2D eigenvalue weighted by molar-refractivity contribution is 6.37. The van der Waals surface area contributed by atoms with Gasteiger partial charge in [0.2, 0.25) is 0 Å². The quantitative estimate of drug-likeness (QED) is 0.378. The Labute approximate surface area is 215 Å². The number of aromatic nitrogens is 1. The summed E-state index contributed by atoms with van der Waals surface area (Å²) >= 11 is 12.6. The molecule has 7 nitrogen and oxygen atoms in total. The van der Waals surface area contributed by atoms with Gasteiger partial charge in [0.15, 0.2) is 11.5 Å². The SMILES string of the molecule is COc1cc(Nc2c(C#N)cnc3c(OC)c(OCCC4CCN(C)CC4)ccc23)c(Cl)cc1Cl. The number of hydrogen-bond acceptors (Lipinski definition) is 7. The van der Waals surface area contributed by atoms with Crippen LogP contribution in [0.2, 0.25) is 10.0 Å². The number of pyridine rings is 1. The first kappa shape index (κ1) is 25.2. The lowest BCUT2D eigenvalue weighted by molar-refractivity contribution is 0.186. The van der Waals surface area contributed by atoms with Crippen LogP contribution in [0, 0.1) is 17.2 Å². The molecular weight excluding hydrogens is 487 g/mol. The van der Waals surface area contributed by atoms with Crippen molar-refractivity contribution < 1.29 is 14.2 Å². The third kappa shape index (κ3) is 5.51. The molecule has 0 atom stereocenters. The highest BCUT2D eigenvalue weighted by Crippen LogP contribution is 2.41. The molecule has 0 aliphatic carbocycles. The number of fused-ring (bicyclic) bond motifs is 1. The van der Waals surface area contributed by atoms with Gasteiger partial charge in [-0.2, -0.15) is 5.26 Å². The number of hydrogen-bond donors (Lipinski definition) is 1. The summed E-state index contributed by atoms with van der Waals surface area (Å²) in [6.45, 7) is 2.88. The first-order valence-corrected chi connectivity index (χ1v) is 12.2. The lowest BCUT2D eigenvalue weighted by atomic mass is 9.94. The van der Waals surface area contributed by atoms with Crippen molar-refractivity contribution in [1.29, 1.82) is 5.26 Å². The summed E-state index contributed by atoms with van der Waals surface area (Å²) in [5.41, 5.74) is 2.05. The maximum absolute atomic E-state index is 9.74. The van der Waals surface area contributed by atoms with E-state index in [0.717, 1.165) is 19.5 Å². The zero-order chi connectivity index (χ0) is 24.9. The van der Waals surface area contributed by atoms with E-state index in [9.17, 15) is 5.26 Å². The van der Waals surface area contributed by atoms with Crippen molar-refractivity contribution in [1.82, 2.24) is 9.88 Å². The average Bonchev–Trinajstić information content (AvgIpc) is 2.86. The Morgan fingerprint density at radius 2 is 1.89 bits per heavy atom. The van der Waals surface area contributed by atoms with Gasteiger partial charge in [-0.05, 0) is 63.5 Å². The third-order valence-corrected chi connectivity index (χ3v) is 7.01. The molecule has 1 saturated heterocycles. The number of rotatable bonds is 8. The Morgan fingerprint density at radius 1 is 1.11 bits per heavy atom. The standard InChI is InChI=1S/C26H28Cl2N4O3/c1-32-9-6-16(7-10-32)8-11-35-22-5-4-18-24(17(14-29)15-30-25(18)26(22)34-3)31-21-13-23(33-2)20(28)12-19(21)27/h4-5,12-13,15-16H,6-11H2,1-3H3,(H,30,31). The van der Waals surface area contributed by atoms with Crippen molar-refractivity contribution >= 4 is 45.5 Å². The van der Waals surface area contributed by atoms with Crippen LogP contribution < -0.4 is 19.5 Å². The predicted octanol–water partition coefficient (Wildman–Crippen LogP) is 6.28. The molecule has 9 heteroatoms. The Bertz CT molecular complexity index is 1250. The van der Waals surface area contributed by atoms with Gasteiger partial charge in [0.05, 0.1) is 47.8 Å². The van der Waals surface area contributed by atoms with Crippen LogP contribution in [0.5, 0.6) is 17.2 Å². The Kier molecular flexibility index (Phi) is 8.07. The molecule has 184 valence electrons. The van der Waals surface area contributed by atoms with Gasteiger partial charge in [-0.3, -0.25) is 4.98 Å². The maximum atomic E-state index is 9.74. The molecule has 2 heterocycles. The largest absolute Gasteiger partial charge is 0.495 e. The van der Waals surface area contributed by atoms with E-state index in [1.54, 1.807) is 19.2 Å². The van der Waals surface area contributed by atoms with E-state index in [1.165, 1.54) is 26.1 Å². The summed E-state index contributed by atoms with van der Waals surface area (Å²) in [6, 6.07) is 9.21. The highest BCUT2D eigenvalue weighted by atomic mass is 35.5. The van der Waals surface area contributed by atoms with Crippen LogP contribution >= 0.6 is 23.2 Å². The van der Waals surface area contributed by atoms with Crippen molar-refractivity contribution in [3.63, 3.8) is 0 Å². The van der Waals surface area contributed by atoms with Gasteiger partial charge < -0.3 is 24.4 Å². The molecule has 1 fully saturated rings. The number of nitrogens with one attached hydrogen (secondary N) is 1. The number of benzene rings is 2. The summed E-state index contributed by atoms with van der Waals surface area (Å²) in [5.74, 6) is 2.29. The molecule has 1 aromatic heterocycles. The van der Waals surface area contributed by atoms with E-state index in [2.05, 4.69) is 28.3 Å². The third-order valence-electron chi connectivity index (χ3n) is 6.40. The second-order valence-corrected chi connectivity index (χ2v) is 9.44. The van der Waals surface area contributed by atoms with Crippen LogP contribution in [0.15, 0.2) is 30.5 Å². The topological polar surface area (TPSA) is 79.6 Å². The van der Waals surface area contributed by atoms with Crippen LogP contribution in [0.25, 0.3) is 10.9 Å². The van der Waals surface area contributed by atoms with Crippen molar-refractivity contribution in [3.05, 3.63) is 46.1 Å². The zero-order valence-corrected chi connectivity index (χ0v) is 21.5. The molecule has 4 rings (SSSR count). The number of nitrogens with zero attached hydrogens (tertiary/aromatic N) is 3. The molecule has 2 aromatic carbocycles. The molecule has 3 aromatic rings. The van der Waals surface area contributed by atoms with Crippen molar-refractivity contribution in [2.24, 2.45) is 5.92 Å². The number of anilines is 2. The van der Waals surface area contributed by atoms with Gasteiger partial charge in [-0.15, -0.1) is 0 Å². The van der Waals surface area contributed by atoms with E-state index >= 15 is 0 Å². The van der Waals surface area contributed by atoms with E-state index in [1.807, 2.05) is 12.1 Å². The van der Waals surface area contributed by atoms with Crippen molar-refractivity contribution in [2.75, 3.05) is 46.3 Å². The highest BCUT2D eigenvalue weighted by Gasteiger charge is 2.20. The second-order valence-electron chi connectivity index (χ2n) is 8.63. The molecule has 0 amide bonds. The minimum absolute atomic E-state index is 0.362. The predicted molar refractivity (Wildman–Crippen MR) is 140 cm³/mol. The van der Waals surface area contributed by atoms with Crippen LogP contribution in [0.3, 0.4) is 0 Å². The average molecular weight is 515 g/mol. The lowest BCUT2D eigenvalue weighted by Gasteiger charge is -2.28. The molecular formula is C26H28Cl2N4O3. The summed E-state index contributed by atoms with van der Waals surface area (Å²) in [5, 5.41) is 14.5. The molecule has 0 spiro atoms. The van der Waals surface area contributed by atoms with Crippen LogP contribution in [0.1, 0.15) is 24.8 Å². The van der Waals surface area contributed by atoms with Gasteiger partial charge in [0.25, 0.3) is 0 Å². The zero-order valence-electron chi connectivity index (χ0n) is 20.0. The number of piperidine rings is 1. The van der Waals surface area contributed by atoms with Gasteiger partial charge in [-0.25, -0.2) is 0 Å². The molecule has 0 saturated carbocycles. The monoisotopic (exact) mass is 514 g/mol. The summed E-state index contributed by atoms with van der Waals surface area (Å²) in [7, 11) is 5.28. The van der Waals surface area contributed by atoms with Crippen molar-refractivity contribution in [2.45, 2.75) is 19.3 Å². The fourth-order valence-electron chi connectivity index (χ4n) is 4.35. The normalized spacial score (nSPS) is 14.5. The number of methoxy groups -OCH3 is 2. The molecule has 1 aliphatic rings. The Hall–Kier alpha value is -2.92. The van der Waals surface area contributed by atoms with Gasteiger partial charge >= 0.3 is 0 Å². The maximum Gasteiger partial charge on any atom is 0.187 e. The smallest absolute Gasteiger partial charge is 0.187 e. The summed E-state index contributed by atoms with van der Waals surface area (Å²) < 4.78 is 17.1. The second kappa shape index (κ2) is 11.2. The number of likely N-dealkylation sites (tertiary alicyclic amines) is 1. The fourth-order valence-corrected chi connectivity index (χ4v) is 4.86. The van der Waals surface area contributed by atoms with E-state index in [4.69, 9.17) is 37.4 Å². The van der Waals surface area contributed by atoms with E-state index < -0.39 is 0 Å². The van der Waals surface area contributed by atoms with Crippen LogP contribution in [-0.4, -0.2) is 50.8 Å². The van der Waals surface area contributed by atoms with E-state index in [0.29, 0.717) is 67.7 Å². The fraction of sp³-hybridized carbons (Fsp3) is 0.385. The van der Waals surface area contributed by atoms with E-state index in [-0.39, 0.29) is 0 Å². The summed E-state index contributed by atoms with van der Waals surface area (Å²) in [6.07, 6.45) is 4.90. The molecule has 0 bridgehead atoms. The van der Waals surface area contributed by atoms with Gasteiger partial charge in [0.1, 0.15) is 17.3 Å². The minimum atomic E-state index is 0.362. The number of ether oxygens (including phenoxy) is 3. The lowest BCUT2D eigenvalue weighted by Crippen LogP contribution is -2.30. The number of halogens is 2. The molecule has 35 heavy (non-hydrogen) atoms. The van der Waals surface area contributed by atoms with Gasteiger partial charge in [0, 0.05) is 17.6 Å². The molecule has 1 aliphatic heterocycles.